The van der Waals surface area contributed by atoms with Gasteiger partial charge in [0, 0.05) is 12.6 Å². The Kier molecular flexibility index (Phi) is 8.43. The number of hydrogen-bond donors (Lipinski definition) is 2. The molecule has 21 heavy (non-hydrogen) atoms. The largest absolute Gasteiger partial charge is 1.00 e. The Morgan fingerprint density at radius 3 is 2.76 bits per heavy atom. The smallest absolute Gasteiger partial charge is 0.122 e. The first-order valence-electron chi connectivity index (χ1n) is 7.52. The van der Waals surface area contributed by atoms with Crippen LogP contribution in [0.25, 0.3) is 0 Å². The van der Waals surface area contributed by atoms with Gasteiger partial charge in [-0.25, -0.2) is 0 Å². The maximum Gasteiger partial charge on any atom is 0.122 e. The van der Waals surface area contributed by atoms with Crippen molar-refractivity contribution in [3.05, 3.63) is 42.5 Å². The van der Waals surface area contributed by atoms with Crippen LogP contribution in [0.4, 0.5) is 0 Å². The molecular weight excluding hydrogens is 286 g/mol. The summed E-state index contributed by atoms with van der Waals surface area (Å²) in [5, 5.41) is 13.4. The van der Waals surface area contributed by atoms with Crippen molar-refractivity contribution in [2.24, 2.45) is 0 Å². The van der Waals surface area contributed by atoms with E-state index < -0.39 is 6.10 Å². The fraction of sp³-hybridized carbons (Fsp3) is 0.529. The molecule has 0 spiro atoms. The van der Waals surface area contributed by atoms with Gasteiger partial charge in [-0.15, -0.1) is 6.58 Å². The Balaban J connectivity index is 0.00000220. The van der Waals surface area contributed by atoms with E-state index >= 15 is 0 Å². The molecule has 0 radical (unpaired) electrons. The van der Waals surface area contributed by atoms with E-state index in [1.54, 1.807) is 0 Å². The molecule has 118 valence electrons. The number of hydrogen-bond acceptors (Lipinski definition) is 3. The summed E-state index contributed by atoms with van der Waals surface area (Å²) in [5.41, 5.74) is 1.11. The summed E-state index contributed by atoms with van der Waals surface area (Å²) in [6.45, 7) is 4.68. The SMILES string of the molecule is C=CCc1ccccc1OCC(O)CNC1CCCC1.[Cl-]. The molecule has 4 heteroatoms. The topological polar surface area (TPSA) is 41.5 Å². The zero-order valence-corrected chi connectivity index (χ0v) is 13.2. The van der Waals surface area contributed by atoms with Gasteiger partial charge in [-0.2, -0.15) is 0 Å². The maximum absolute atomic E-state index is 9.98. The number of aliphatic hydroxyl groups excluding tert-OH is 1. The Bertz CT molecular complexity index is 419. The van der Waals surface area contributed by atoms with E-state index in [4.69, 9.17) is 4.74 Å². The third-order valence-electron chi connectivity index (χ3n) is 3.77. The van der Waals surface area contributed by atoms with Gasteiger partial charge >= 0.3 is 0 Å². The minimum absolute atomic E-state index is 0. The van der Waals surface area contributed by atoms with Crippen molar-refractivity contribution in [2.45, 2.75) is 44.2 Å². The number of nitrogens with one attached hydrogen (secondary N) is 1. The third kappa shape index (κ3) is 6.08. The van der Waals surface area contributed by atoms with Gasteiger partial charge in [0.15, 0.2) is 0 Å². The van der Waals surface area contributed by atoms with Gasteiger partial charge in [0.1, 0.15) is 18.5 Å². The molecular formula is C17H25ClNO2-. The van der Waals surface area contributed by atoms with Crippen molar-refractivity contribution in [1.82, 2.24) is 5.32 Å². The first-order chi connectivity index (χ1) is 9.79. The van der Waals surface area contributed by atoms with E-state index in [9.17, 15) is 5.11 Å². The average molecular weight is 311 g/mol. The van der Waals surface area contributed by atoms with Crippen molar-refractivity contribution >= 4 is 0 Å². The molecule has 1 unspecified atom stereocenters. The Morgan fingerprint density at radius 2 is 2.05 bits per heavy atom. The highest BCUT2D eigenvalue weighted by molar-refractivity contribution is 5.34. The quantitative estimate of drug-likeness (QED) is 0.647. The molecule has 1 fully saturated rings. The van der Waals surface area contributed by atoms with Crippen molar-refractivity contribution in [2.75, 3.05) is 13.2 Å². The summed E-state index contributed by atoms with van der Waals surface area (Å²) in [6.07, 6.45) is 7.25. The van der Waals surface area contributed by atoms with Gasteiger partial charge in [0.2, 0.25) is 0 Å². The minimum Gasteiger partial charge on any atom is -1.00 e. The highest BCUT2D eigenvalue weighted by atomic mass is 35.5. The Hall–Kier alpha value is -1.03. The van der Waals surface area contributed by atoms with Crippen LogP contribution in [-0.2, 0) is 6.42 Å². The molecule has 2 rings (SSSR count). The lowest BCUT2D eigenvalue weighted by atomic mass is 10.1. The molecule has 0 amide bonds. The molecule has 0 heterocycles. The number of allylic oxidation sites excluding steroid dienone is 1. The Labute approximate surface area is 133 Å². The second kappa shape index (κ2) is 9.82. The molecule has 3 nitrogen and oxygen atoms in total. The molecule has 1 aliphatic carbocycles. The van der Waals surface area contributed by atoms with Crippen LogP contribution in [-0.4, -0.2) is 30.4 Å². The number of rotatable bonds is 8. The predicted molar refractivity (Wildman–Crippen MR) is 82.1 cm³/mol. The lowest BCUT2D eigenvalue weighted by Crippen LogP contribution is -3.00. The number of aliphatic hydroxyl groups is 1. The Morgan fingerprint density at radius 1 is 1.33 bits per heavy atom. The van der Waals surface area contributed by atoms with Crippen LogP contribution < -0.4 is 22.5 Å². The van der Waals surface area contributed by atoms with Crippen LogP contribution >= 0.6 is 0 Å². The number of benzene rings is 1. The van der Waals surface area contributed by atoms with Gasteiger partial charge in [0.25, 0.3) is 0 Å². The lowest BCUT2D eigenvalue weighted by Gasteiger charge is -2.17. The zero-order valence-electron chi connectivity index (χ0n) is 12.4. The standard InChI is InChI=1S/C17H25NO2.ClH/c1-2-7-14-8-3-6-11-17(14)20-13-16(19)12-18-15-9-4-5-10-15;/h2-3,6,8,11,15-16,18-19H,1,4-5,7,9-10,12-13H2;1H/p-1. The summed E-state index contributed by atoms with van der Waals surface area (Å²) in [6, 6.07) is 8.49. The van der Waals surface area contributed by atoms with Gasteiger partial charge in [0.05, 0.1) is 0 Å². The van der Waals surface area contributed by atoms with Gasteiger partial charge in [-0.3, -0.25) is 0 Å². The molecule has 0 aliphatic heterocycles. The second-order valence-electron chi connectivity index (χ2n) is 5.45. The van der Waals surface area contributed by atoms with Crippen LogP contribution in [0.3, 0.4) is 0 Å². The van der Waals surface area contributed by atoms with Crippen LogP contribution in [0.5, 0.6) is 5.75 Å². The first-order valence-corrected chi connectivity index (χ1v) is 7.52. The van der Waals surface area contributed by atoms with Crippen LogP contribution in [0.2, 0.25) is 0 Å². The van der Waals surface area contributed by atoms with Crippen LogP contribution in [0.1, 0.15) is 31.2 Å². The summed E-state index contributed by atoms with van der Waals surface area (Å²) in [7, 11) is 0. The molecule has 0 saturated heterocycles. The van der Waals surface area contributed by atoms with Crippen molar-refractivity contribution < 1.29 is 22.3 Å². The molecule has 0 bridgehead atoms. The third-order valence-corrected chi connectivity index (χ3v) is 3.77. The van der Waals surface area contributed by atoms with Gasteiger partial charge in [-0.05, 0) is 30.9 Å². The highest BCUT2D eigenvalue weighted by Crippen LogP contribution is 2.19. The number of para-hydroxylation sites is 1. The van der Waals surface area contributed by atoms with Gasteiger partial charge in [-0.1, -0.05) is 37.1 Å². The highest BCUT2D eigenvalue weighted by Gasteiger charge is 2.16. The fourth-order valence-corrected chi connectivity index (χ4v) is 2.65. The van der Waals surface area contributed by atoms with E-state index in [1.165, 1.54) is 25.7 Å². The van der Waals surface area contributed by atoms with Crippen LogP contribution in [0, 0.1) is 0 Å². The molecule has 1 atom stereocenters. The first kappa shape index (κ1) is 18.0. The number of ether oxygens (including phenoxy) is 1. The van der Waals surface area contributed by atoms with E-state index in [1.807, 2.05) is 30.3 Å². The van der Waals surface area contributed by atoms with Crippen LogP contribution in [0.15, 0.2) is 36.9 Å². The van der Waals surface area contributed by atoms with Crippen molar-refractivity contribution in [1.29, 1.82) is 0 Å². The molecule has 1 aliphatic rings. The van der Waals surface area contributed by atoms with E-state index in [-0.39, 0.29) is 12.4 Å². The molecule has 1 aromatic rings. The molecule has 1 aromatic carbocycles. The number of halogens is 1. The average Bonchev–Trinajstić information content (AvgIpc) is 2.98. The van der Waals surface area contributed by atoms with E-state index in [2.05, 4.69) is 11.9 Å². The summed E-state index contributed by atoms with van der Waals surface area (Å²) < 4.78 is 5.73. The monoisotopic (exact) mass is 310 g/mol. The summed E-state index contributed by atoms with van der Waals surface area (Å²) in [4.78, 5) is 0. The van der Waals surface area contributed by atoms with Crippen molar-refractivity contribution in [3.8, 4) is 5.75 Å². The van der Waals surface area contributed by atoms with E-state index in [0.29, 0.717) is 19.2 Å². The molecule has 2 N–H and O–H groups in total. The van der Waals surface area contributed by atoms with Crippen molar-refractivity contribution in [3.63, 3.8) is 0 Å². The normalized spacial score (nSPS) is 16.2. The fourth-order valence-electron chi connectivity index (χ4n) is 2.65. The summed E-state index contributed by atoms with van der Waals surface area (Å²) in [5.74, 6) is 0.840. The zero-order chi connectivity index (χ0) is 14.2. The predicted octanol–water partition coefficient (Wildman–Crippen LogP) is -0.309. The maximum atomic E-state index is 9.98. The molecule has 0 aromatic heterocycles. The summed E-state index contributed by atoms with van der Waals surface area (Å²) >= 11 is 0. The van der Waals surface area contributed by atoms with E-state index in [0.717, 1.165) is 17.7 Å². The van der Waals surface area contributed by atoms with Gasteiger partial charge < -0.3 is 27.6 Å². The molecule has 1 saturated carbocycles. The second-order valence-corrected chi connectivity index (χ2v) is 5.45. The lowest BCUT2D eigenvalue weighted by molar-refractivity contribution is -0.00000595. The minimum atomic E-state index is -0.465.